The molecule has 0 atom stereocenters. The van der Waals surface area contributed by atoms with Crippen LogP contribution in [0.4, 0.5) is 0 Å². The zero-order valence-corrected chi connectivity index (χ0v) is 19.7. The summed E-state index contributed by atoms with van der Waals surface area (Å²) >= 11 is 7.03. The molecule has 1 aliphatic rings. The molecule has 4 aromatic rings. The molecule has 2 aromatic carbocycles. The molecule has 0 radical (unpaired) electrons. The molecule has 0 spiro atoms. The first-order valence-electron chi connectivity index (χ1n) is 10.0. The first-order valence-corrected chi connectivity index (χ1v) is 11.6. The van der Waals surface area contributed by atoms with Gasteiger partial charge in [-0.2, -0.15) is 0 Å². The molecule has 0 N–H and O–H groups in total. The minimum Gasteiger partial charge on any atom is -0.289 e. The topological polar surface area (TPSA) is 42.9 Å². The number of halogens is 2. The zero-order chi connectivity index (χ0) is 21.4. The van der Waals surface area contributed by atoms with E-state index in [4.69, 9.17) is 0 Å². The van der Waals surface area contributed by atoms with Crippen molar-refractivity contribution >= 4 is 37.6 Å². The van der Waals surface area contributed by atoms with E-state index in [9.17, 15) is 4.79 Å². The van der Waals surface area contributed by atoms with Crippen LogP contribution in [-0.2, 0) is 18.3 Å². The largest absolute Gasteiger partial charge is 0.289 e. The summed E-state index contributed by atoms with van der Waals surface area (Å²) in [5, 5.41) is 0. The van der Waals surface area contributed by atoms with Crippen LogP contribution in [0, 0.1) is 0 Å². The molecule has 3 nitrogen and oxygen atoms in total. The summed E-state index contributed by atoms with van der Waals surface area (Å²) in [6, 6.07) is 24.3. The van der Waals surface area contributed by atoms with Gasteiger partial charge in [-0.1, -0.05) is 48.5 Å². The van der Waals surface area contributed by atoms with Crippen molar-refractivity contribution < 1.29 is 4.79 Å². The number of nitrogens with zero attached hydrogens (tertiary/aromatic N) is 2. The second-order valence-electron chi connectivity index (χ2n) is 7.83. The molecule has 0 saturated carbocycles. The van der Waals surface area contributed by atoms with Crippen molar-refractivity contribution in [2.24, 2.45) is 0 Å². The van der Waals surface area contributed by atoms with Crippen molar-refractivity contribution in [3.05, 3.63) is 128 Å². The first-order chi connectivity index (χ1) is 15.1. The number of ketones is 1. The van der Waals surface area contributed by atoms with Gasteiger partial charge in [0.25, 0.3) is 0 Å². The van der Waals surface area contributed by atoms with Crippen LogP contribution in [0.25, 0.3) is 0 Å². The zero-order valence-electron chi connectivity index (χ0n) is 16.6. The van der Waals surface area contributed by atoms with E-state index in [2.05, 4.69) is 78.2 Å². The third-order valence-corrected chi connectivity index (χ3v) is 6.84. The van der Waals surface area contributed by atoms with Crippen LogP contribution in [0.5, 0.6) is 0 Å². The van der Waals surface area contributed by atoms with E-state index in [1.54, 1.807) is 0 Å². The van der Waals surface area contributed by atoms with E-state index in [-0.39, 0.29) is 5.78 Å². The van der Waals surface area contributed by atoms with Gasteiger partial charge in [0, 0.05) is 28.9 Å². The Morgan fingerprint density at radius 2 is 1.13 bits per heavy atom. The van der Waals surface area contributed by atoms with Gasteiger partial charge in [0.1, 0.15) is 9.21 Å². The second-order valence-corrected chi connectivity index (χ2v) is 9.45. The fraction of sp³-hybridized carbons (Fsp3) is 0.115. The maximum atomic E-state index is 13.4. The van der Waals surface area contributed by atoms with Gasteiger partial charge < -0.3 is 0 Å². The molecule has 0 bridgehead atoms. The Bertz CT molecular complexity index is 1200. The third kappa shape index (κ3) is 3.66. The predicted octanol–water partition coefficient (Wildman–Crippen LogP) is 6.32. The summed E-state index contributed by atoms with van der Waals surface area (Å²) in [6.07, 6.45) is 5.13. The number of aromatic nitrogens is 2. The van der Waals surface area contributed by atoms with Crippen LogP contribution in [-0.4, -0.2) is 15.8 Å². The SMILES string of the molecule is O=C1c2ccccc2C(Cc2ccnc(Br)c2)(Cc2ccnc(Br)c2)c2ccccc21. The number of carbonyl (C=O) groups excluding carboxylic acids is 1. The lowest BCUT2D eigenvalue weighted by Gasteiger charge is -2.41. The minimum absolute atomic E-state index is 0.0913. The van der Waals surface area contributed by atoms with E-state index >= 15 is 0 Å². The van der Waals surface area contributed by atoms with E-state index in [1.165, 1.54) is 0 Å². The van der Waals surface area contributed by atoms with Gasteiger partial charge in [-0.25, -0.2) is 9.97 Å². The highest BCUT2D eigenvalue weighted by Gasteiger charge is 2.43. The van der Waals surface area contributed by atoms with E-state index in [1.807, 2.05) is 48.8 Å². The van der Waals surface area contributed by atoms with Gasteiger partial charge in [0.15, 0.2) is 5.78 Å². The molecule has 5 heteroatoms. The summed E-state index contributed by atoms with van der Waals surface area (Å²) in [5.41, 5.74) is 5.62. The smallest absolute Gasteiger partial charge is 0.193 e. The monoisotopic (exact) mass is 532 g/mol. The number of hydrogen-bond acceptors (Lipinski definition) is 3. The Kier molecular flexibility index (Phi) is 5.32. The Labute approximate surface area is 197 Å². The van der Waals surface area contributed by atoms with Crippen LogP contribution >= 0.6 is 31.9 Å². The maximum Gasteiger partial charge on any atom is 0.193 e. The first kappa shape index (κ1) is 20.3. The van der Waals surface area contributed by atoms with Gasteiger partial charge in [0.05, 0.1) is 0 Å². The Hall–Kier alpha value is -2.63. The van der Waals surface area contributed by atoms with Crippen LogP contribution in [0.15, 0.2) is 94.4 Å². The number of benzene rings is 2. The highest BCUT2D eigenvalue weighted by Crippen LogP contribution is 2.46. The highest BCUT2D eigenvalue weighted by molar-refractivity contribution is 9.10. The average molecular weight is 534 g/mol. The fourth-order valence-corrected chi connectivity index (χ4v) is 5.56. The summed E-state index contributed by atoms with van der Waals surface area (Å²) in [4.78, 5) is 22.0. The lowest BCUT2D eigenvalue weighted by Crippen LogP contribution is -2.39. The molecule has 5 rings (SSSR count). The normalized spacial score (nSPS) is 14.1. The predicted molar refractivity (Wildman–Crippen MR) is 128 cm³/mol. The lowest BCUT2D eigenvalue weighted by atomic mass is 9.61. The number of carbonyl (C=O) groups is 1. The quantitative estimate of drug-likeness (QED) is 0.288. The molecule has 0 fully saturated rings. The summed E-state index contributed by atoms with van der Waals surface area (Å²) < 4.78 is 1.61. The van der Waals surface area contributed by atoms with Crippen LogP contribution in [0.1, 0.15) is 38.2 Å². The molecule has 2 heterocycles. The van der Waals surface area contributed by atoms with Crippen molar-refractivity contribution in [2.45, 2.75) is 18.3 Å². The van der Waals surface area contributed by atoms with Crippen molar-refractivity contribution in [1.29, 1.82) is 0 Å². The van der Waals surface area contributed by atoms with Gasteiger partial charge in [-0.3, -0.25) is 4.79 Å². The van der Waals surface area contributed by atoms with Gasteiger partial charge in [-0.05, 0) is 91.2 Å². The molecule has 0 aliphatic heterocycles. The lowest BCUT2D eigenvalue weighted by molar-refractivity contribution is 0.102. The molecule has 31 heavy (non-hydrogen) atoms. The van der Waals surface area contributed by atoms with E-state index in [0.29, 0.717) is 0 Å². The molecule has 0 amide bonds. The Morgan fingerprint density at radius 1 is 0.677 bits per heavy atom. The van der Waals surface area contributed by atoms with Crippen molar-refractivity contribution in [3.63, 3.8) is 0 Å². The molecule has 1 aliphatic carbocycles. The van der Waals surface area contributed by atoms with Crippen molar-refractivity contribution in [2.75, 3.05) is 0 Å². The van der Waals surface area contributed by atoms with Gasteiger partial charge in [-0.15, -0.1) is 0 Å². The van der Waals surface area contributed by atoms with Crippen molar-refractivity contribution in [1.82, 2.24) is 9.97 Å². The van der Waals surface area contributed by atoms with Gasteiger partial charge >= 0.3 is 0 Å². The summed E-state index contributed by atoms with van der Waals surface area (Å²) in [7, 11) is 0. The van der Waals surface area contributed by atoms with E-state index < -0.39 is 5.41 Å². The van der Waals surface area contributed by atoms with Crippen LogP contribution in [0.2, 0.25) is 0 Å². The molecular weight excluding hydrogens is 516 g/mol. The fourth-order valence-electron chi connectivity index (χ4n) is 4.73. The highest BCUT2D eigenvalue weighted by atomic mass is 79.9. The minimum atomic E-state index is -0.400. The molecule has 0 unspecified atom stereocenters. The van der Waals surface area contributed by atoms with Crippen LogP contribution < -0.4 is 0 Å². The molecular formula is C26H18Br2N2O. The summed E-state index contributed by atoms with van der Waals surface area (Å²) in [6.45, 7) is 0. The number of pyridine rings is 2. The molecule has 2 aromatic heterocycles. The van der Waals surface area contributed by atoms with Crippen molar-refractivity contribution in [3.8, 4) is 0 Å². The molecule has 0 saturated heterocycles. The summed E-state index contributed by atoms with van der Waals surface area (Å²) in [5.74, 6) is 0.0913. The Morgan fingerprint density at radius 3 is 1.58 bits per heavy atom. The van der Waals surface area contributed by atoms with E-state index in [0.717, 1.165) is 55.4 Å². The number of hydrogen-bond donors (Lipinski definition) is 0. The Balaban J connectivity index is 1.79. The van der Waals surface area contributed by atoms with Gasteiger partial charge in [0.2, 0.25) is 0 Å². The van der Waals surface area contributed by atoms with Crippen LogP contribution in [0.3, 0.4) is 0 Å². The standard InChI is InChI=1S/C26H18Br2N2O/c27-23-13-17(9-11-29-23)15-26(16-18-10-12-30-24(28)14-18)21-7-3-1-5-19(21)25(31)20-6-2-4-8-22(20)26/h1-14H,15-16H2. The molecule has 152 valence electrons. The second kappa shape index (κ2) is 8.13. The number of fused-ring (bicyclic) bond motifs is 2. The third-order valence-electron chi connectivity index (χ3n) is 5.97. The average Bonchev–Trinajstić information content (AvgIpc) is 2.78. The maximum absolute atomic E-state index is 13.4. The number of rotatable bonds is 4.